The molecule has 1 aromatic heterocycles. The van der Waals surface area contributed by atoms with Crippen LogP contribution in [0.2, 0.25) is 0 Å². The minimum absolute atomic E-state index is 0.280. The third-order valence-electron chi connectivity index (χ3n) is 5.42. The lowest BCUT2D eigenvalue weighted by atomic mass is 9.66. The van der Waals surface area contributed by atoms with Gasteiger partial charge >= 0.3 is 5.97 Å². The highest BCUT2D eigenvalue weighted by atomic mass is 79.9. The van der Waals surface area contributed by atoms with E-state index in [-0.39, 0.29) is 11.9 Å². The highest BCUT2D eigenvalue weighted by Crippen LogP contribution is 2.65. The number of pyridine rings is 1. The van der Waals surface area contributed by atoms with E-state index >= 15 is 0 Å². The Morgan fingerprint density at radius 2 is 2.05 bits per heavy atom. The Hall–Kier alpha value is -1.43. The van der Waals surface area contributed by atoms with Gasteiger partial charge in [0.25, 0.3) is 5.91 Å². The van der Waals surface area contributed by atoms with Crippen molar-refractivity contribution in [3.63, 3.8) is 0 Å². The first-order valence-corrected chi connectivity index (χ1v) is 7.69. The molecule has 21 heavy (non-hydrogen) atoms. The predicted octanol–water partition coefficient (Wildman–Crippen LogP) is 2.90. The Balaban J connectivity index is 1.91. The maximum absolute atomic E-state index is 12.7. The van der Waals surface area contributed by atoms with Crippen LogP contribution in [-0.2, 0) is 14.3 Å². The summed E-state index contributed by atoms with van der Waals surface area (Å²) < 4.78 is 6.37. The van der Waals surface area contributed by atoms with Gasteiger partial charge in [-0.3, -0.25) is 9.59 Å². The number of aromatic nitrogens is 1. The molecule has 1 aromatic rings. The lowest BCUT2D eigenvalue weighted by Crippen LogP contribution is -2.50. The van der Waals surface area contributed by atoms with Crippen LogP contribution < -0.4 is 5.32 Å². The monoisotopic (exact) mass is 352 g/mol. The van der Waals surface area contributed by atoms with Crippen molar-refractivity contribution in [2.45, 2.75) is 39.2 Å². The number of esters is 1. The maximum Gasteiger partial charge on any atom is 0.313 e. The van der Waals surface area contributed by atoms with Crippen LogP contribution in [-0.4, -0.2) is 22.5 Å². The molecule has 2 heterocycles. The Morgan fingerprint density at radius 3 is 2.52 bits per heavy atom. The number of hydrogen-bond acceptors (Lipinski definition) is 4. The van der Waals surface area contributed by atoms with E-state index in [2.05, 4.69) is 26.2 Å². The lowest BCUT2D eigenvalue weighted by molar-refractivity contribution is -0.165. The van der Waals surface area contributed by atoms with Crippen molar-refractivity contribution >= 4 is 33.6 Å². The van der Waals surface area contributed by atoms with Gasteiger partial charge < -0.3 is 10.1 Å². The first kappa shape index (κ1) is 14.5. The van der Waals surface area contributed by atoms with Gasteiger partial charge in [0.05, 0.1) is 5.41 Å². The summed E-state index contributed by atoms with van der Waals surface area (Å²) >= 11 is 3.30. The molecule has 0 radical (unpaired) electrons. The molecule has 2 atom stereocenters. The van der Waals surface area contributed by atoms with Crippen LogP contribution in [0.5, 0.6) is 0 Å². The average Bonchev–Trinajstić information content (AvgIpc) is 2.72. The molecule has 0 aromatic carbocycles. The third-order valence-corrected chi connectivity index (χ3v) is 5.89. The van der Waals surface area contributed by atoms with Crippen LogP contribution in [0.3, 0.4) is 0 Å². The molecule has 0 spiro atoms. The van der Waals surface area contributed by atoms with Gasteiger partial charge in [0.15, 0.2) is 5.60 Å². The van der Waals surface area contributed by atoms with E-state index in [1.807, 2.05) is 20.8 Å². The fourth-order valence-electron chi connectivity index (χ4n) is 3.41. The van der Waals surface area contributed by atoms with Crippen molar-refractivity contribution in [2.24, 2.45) is 10.8 Å². The highest BCUT2D eigenvalue weighted by molar-refractivity contribution is 9.10. The molecule has 112 valence electrons. The molecule has 2 bridgehead atoms. The normalized spacial score (nSPS) is 32.9. The van der Waals surface area contributed by atoms with Gasteiger partial charge in [0.1, 0.15) is 5.82 Å². The number of nitrogens with zero attached hydrogens (tertiary/aromatic N) is 1. The van der Waals surface area contributed by atoms with Gasteiger partial charge in [-0.05, 0) is 47.8 Å². The highest BCUT2D eigenvalue weighted by Gasteiger charge is 2.75. The number of hydrogen-bond donors (Lipinski definition) is 1. The van der Waals surface area contributed by atoms with Crippen molar-refractivity contribution in [1.82, 2.24) is 4.98 Å². The second-order valence-electron chi connectivity index (χ2n) is 6.49. The van der Waals surface area contributed by atoms with Crippen LogP contribution in [0.4, 0.5) is 5.82 Å². The molecule has 5 nitrogen and oxygen atoms in total. The fourth-order valence-corrected chi connectivity index (χ4v) is 3.65. The van der Waals surface area contributed by atoms with Crippen molar-refractivity contribution in [2.75, 3.05) is 5.32 Å². The zero-order valence-electron chi connectivity index (χ0n) is 12.2. The van der Waals surface area contributed by atoms with Crippen LogP contribution >= 0.6 is 15.9 Å². The van der Waals surface area contributed by atoms with Crippen molar-refractivity contribution in [3.8, 4) is 0 Å². The van der Waals surface area contributed by atoms with Crippen LogP contribution in [0.15, 0.2) is 22.8 Å². The Morgan fingerprint density at radius 1 is 1.33 bits per heavy atom. The number of carbonyl (C=O) groups excluding carboxylic acids is 2. The largest absolute Gasteiger partial charge is 0.448 e. The fraction of sp³-hybridized carbons (Fsp3) is 0.533. The smallest absolute Gasteiger partial charge is 0.313 e. The topological polar surface area (TPSA) is 68.3 Å². The van der Waals surface area contributed by atoms with E-state index in [4.69, 9.17) is 4.74 Å². The summed E-state index contributed by atoms with van der Waals surface area (Å²) in [5.74, 6) is -0.125. The summed E-state index contributed by atoms with van der Waals surface area (Å²) in [6.07, 6.45) is 2.82. The van der Waals surface area contributed by atoms with Crippen LogP contribution in [0.25, 0.3) is 0 Å². The molecule has 1 N–H and O–H groups in total. The molecule has 1 aliphatic carbocycles. The second-order valence-corrected chi connectivity index (χ2v) is 7.41. The summed E-state index contributed by atoms with van der Waals surface area (Å²) in [5.41, 5.74) is -2.25. The van der Waals surface area contributed by atoms with Crippen LogP contribution in [0.1, 0.15) is 33.6 Å². The van der Waals surface area contributed by atoms with Gasteiger partial charge in [-0.2, -0.15) is 0 Å². The number of carbonyl (C=O) groups is 2. The van der Waals surface area contributed by atoms with Gasteiger partial charge in [0.2, 0.25) is 0 Å². The summed E-state index contributed by atoms with van der Waals surface area (Å²) in [5, 5.41) is 2.77. The molecule has 1 saturated heterocycles. The Kier molecular flexibility index (Phi) is 2.96. The summed E-state index contributed by atoms with van der Waals surface area (Å²) in [4.78, 5) is 29.0. The Bertz CT molecular complexity index is 628. The first-order valence-electron chi connectivity index (χ1n) is 6.89. The molecule has 2 fully saturated rings. The van der Waals surface area contributed by atoms with E-state index in [0.29, 0.717) is 18.7 Å². The van der Waals surface area contributed by atoms with Gasteiger partial charge in [-0.15, -0.1) is 0 Å². The number of ether oxygens (including phenoxy) is 1. The van der Waals surface area contributed by atoms with E-state index in [1.54, 1.807) is 18.3 Å². The molecular weight excluding hydrogens is 336 g/mol. The molecular formula is C15H17BrN2O3. The summed E-state index contributed by atoms with van der Waals surface area (Å²) in [6, 6.07) is 3.50. The van der Waals surface area contributed by atoms with Gasteiger partial charge in [-0.1, -0.05) is 13.8 Å². The number of fused-ring (bicyclic) bond motifs is 2. The number of halogens is 1. The summed E-state index contributed by atoms with van der Waals surface area (Å²) in [7, 11) is 0. The van der Waals surface area contributed by atoms with Crippen LogP contribution in [0, 0.1) is 10.8 Å². The molecule has 1 aliphatic heterocycles. The minimum atomic E-state index is -1.10. The van der Waals surface area contributed by atoms with Gasteiger partial charge in [0, 0.05) is 16.1 Å². The SMILES string of the molecule is CC1(C)[C@@]2(C)CC[C@]1(C(=O)Nc1ccc(Br)cn1)OC2=O. The molecule has 2 aliphatic rings. The van der Waals surface area contributed by atoms with E-state index < -0.39 is 16.4 Å². The molecule has 0 unspecified atom stereocenters. The molecule has 6 heteroatoms. The number of rotatable bonds is 2. The van der Waals surface area contributed by atoms with E-state index in [1.165, 1.54) is 0 Å². The second kappa shape index (κ2) is 4.29. The number of amides is 1. The zero-order valence-corrected chi connectivity index (χ0v) is 13.8. The van der Waals surface area contributed by atoms with Gasteiger partial charge in [-0.25, -0.2) is 4.98 Å². The third kappa shape index (κ3) is 1.71. The average molecular weight is 353 g/mol. The molecule has 1 saturated carbocycles. The molecule has 3 rings (SSSR count). The number of nitrogens with one attached hydrogen (secondary N) is 1. The van der Waals surface area contributed by atoms with Crippen molar-refractivity contribution in [3.05, 3.63) is 22.8 Å². The molecule has 1 amide bonds. The van der Waals surface area contributed by atoms with E-state index in [0.717, 1.165) is 4.47 Å². The first-order chi connectivity index (χ1) is 9.73. The van der Waals surface area contributed by atoms with Crippen molar-refractivity contribution < 1.29 is 14.3 Å². The predicted molar refractivity (Wildman–Crippen MR) is 80.5 cm³/mol. The summed E-state index contributed by atoms with van der Waals surface area (Å²) in [6.45, 7) is 5.74. The lowest BCUT2D eigenvalue weighted by Gasteiger charge is -2.35. The Labute approximate surface area is 131 Å². The van der Waals surface area contributed by atoms with Crippen molar-refractivity contribution in [1.29, 1.82) is 0 Å². The standard InChI is InChI=1S/C15H17BrN2O3/c1-13(2)14(3)6-7-15(13,21-12(14)20)11(19)18-10-5-4-9(16)8-17-10/h4-5,8H,6-7H2,1-3H3,(H,17,18,19)/t14-,15+/m0/s1. The zero-order chi connectivity index (χ0) is 15.5. The minimum Gasteiger partial charge on any atom is -0.448 e. The number of anilines is 1. The van der Waals surface area contributed by atoms with E-state index in [9.17, 15) is 9.59 Å². The quantitative estimate of drug-likeness (QED) is 0.831. The maximum atomic E-state index is 12.7.